The van der Waals surface area contributed by atoms with Gasteiger partial charge in [-0.05, 0) is 36.2 Å². The normalized spacial score (nSPS) is 11.1. The molecule has 0 aliphatic heterocycles. The number of nitrogens with zero attached hydrogens (tertiary/aromatic N) is 1. The van der Waals surface area contributed by atoms with Crippen LogP contribution < -0.4 is 9.62 Å². The molecule has 2 rings (SSSR count). The Kier molecular flexibility index (Phi) is 6.84. The molecule has 0 unspecified atom stereocenters. The molecule has 0 heterocycles. The Labute approximate surface area is 153 Å². The molecule has 0 bridgehead atoms. The highest BCUT2D eigenvalue weighted by Crippen LogP contribution is 2.16. The summed E-state index contributed by atoms with van der Waals surface area (Å²) in [7, 11) is -2.05. The Hall–Kier alpha value is -2.05. The van der Waals surface area contributed by atoms with Gasteiger partial charge in [-0.1, -0.05) is 41.9 Å². The van der Waals surface area contributed by atoms with Crippen LogP contribution in [-0.2, 0) is 21.2 Å². The van der Waals surface area contributed by atoms with Gasteiger partial charge in [0.05, 0.1) is 11.4 Å². The Morgan fingerprint density at radius 2 is 1.84 bits per heavy atom. The van der Waals surface area contributed by atoms with Crippen LogP contribution in [-0.4, -0.2) is 33.7 Å². The van der Waals surface area contributed by atoms with Crippen LogP contribution in [0.25, 0.3) is 0 Å². The summed E-state index contributed by atoms with van der Waals surface area (Å²) in [6, 6.07) is 16.2. The summed E-state index contributed by atoms with van der Waals surface area (Å²) < 4.78 is 25.8. The summed E-state index contributed by atoms with van der Waals surface area (Å²) >= 11 is 5.91. The van der Waals surface area contributed by atoms with E-state index in [0.29, 0.717) is 23.7 Å². The van der Waals surface area contributed by atoms with E-state index in [1.807, 2.05) is 24.3 Å². The third-order valence-electron chi connectivity index (χ3n) is 3.75. The van der Waals surface area contributed by atoms with Gasteiger partial charge in [0.2, 0.25) is 15.9 Å². The highest BCUT2D eigenvalue weighted by atomic mass is 35.5. The number of sulfonamides is 1. The maximum absolute atomic E-state index is 12.3. The highest BCUT2D eigenvalue weighted by molar-refractivity contribution is 7.92. The lowest BCUT2D eigenvalue weighted by molar-refractivity contribution is -0.120. The number of carbonyl (C=O) groups excluding carboxylic acids is 1. The molecule has 7 heteroatoms. The summed E-state index contributed by atoms with van der Waals surface area (Å²) in [5.74, 6) is -0.520. The number of rotatable bonds is 8. The first-order chi connectivity index (χ1) is 11.9. The highest BCUT2D eigenvalue weighted by Gasteiger charge is 2.19. The fourth-order valence-electron chi connectivity index (χ4n) is 2.28. The van der Waals surface area contributed by atoms with Gasteiger partial charge in [-0.25, -0.2) is 8.42 Å². The van der Waals surface area contributed by atoms with E-state index in [9.17, 15) is 13.2 Å². The first kappa shape index (κ1) is 19.3. The first-order valence-electron chi connectivity index (χ1n) is 7.91. The van der Waals surface area contributed by atoms with E-state index in [2.05, 4.69) is 5.32 Å². The van der Waals surface area contributed by atoms with Gasteiger partial charge >= 0.3 is 0 Å². The predicted octanol–water partition coefficient (Wildman–Crippen LogP) is 2.86. The Balaban J connectivity index is 1.79. The molecule has 5 nitrogen and oxygen atoms in total. The van der Waals surface area contributed by atoms with Gasteiger partial charge in [-0.3, -0.25) is 9.10 Å². The second-order valence-electron chi connectivity index (χ2n) is 5.60. The molecule has 1 amide bonds. The van der Waals surface area contributed by atoms with Crippen molar-refractivity contribution < 1.29 is 13.2 Å². The number of anilines is 1. The first-order valence-corrected chi connectivity index (χ1v) is 9.90. The molecule has 2 aromatic rings. The molecule has 0 aliphatic carbocycles. The maximum atomic E-state index is 12.3. The van der Waals surface area contributed by atoms with Gasteiger partial charge in [0, 0.05) is 25.0 Å². The van der Waals surface area contributed by atoms with Gasteiger partial charge in [0.15, 0.2) is 0 Å². The number of para-hydroxylation sites is 1. The van der Waals surface area contributed by atoms with Crippen LogP contribution in [0.3, 0.4) is 0 Å². The Morgan fingerprint density at radius 3 is 2.52 bits per heavy atom. The minimum atomic E-state index is -3.54. The summed E-state index contributed by atoms with van der Waals surface area (Å²) in [5.41, 5.74) is 1.59. The Morgan fingerprint density at radius 1 is 1.12 bits per heavy atom. The van der Waals surface area contributed by atoms with Crippen molar-refractivity contribution in [3.8, 4) is 0 Å². The molecule has 0 saturated heterocycles. The molecule has 25 heavy (non-hydrogen) atoms. The van der Waals surface area contributed by atoms with E-state index in [1.54, 1.807) is 30.3 Å². The molecule has 0 atom stereocenters. The molecule has 0 fully saturated rings. The third kappa shape index (κ3) is 6.07. The average molecular weight is 381 g/mol. The third-order valence-corrected chi connectivity index (χ3v) is 5.75. The molecule has 0 saturated carbocycles. The number of benzene rings is 2. The zero-order valence-corrected chi connectivity index (χ0v) is 15.6. The van der Waals surface area contributed by atoms with Gasteiger partial charge < -0.3 is 5.32 Å². The summed E-state index contributed by atoms with van der Waals surface area (Å²) in [6.45, 7) is 0.438. The molecule has 0 radical (unpaired) electrons. The van der Waals surface area contributed by atoms with Crippen LogP contribution in [0.2, 0.25) is 5.02 Å². The van der Waals surface area contributed by atoms with E-state index in [4.69, 9.17) is 11.6 Å². The zero-order valence-electron chi connectivity index (χ0n) is 14.0. The predicted molar refractivity (Wildman–Crippen MR) is 101 cm³/mol. The monoisotopic (exact) mass is 380 g/mol. The van der Waals surface area contributed by atoms with E-state index in [1.165, 1.54) is 11.4 Å². The second-order valence-corrected chi connectivity index (χ2v) is 8.16. The van der Waals surface area contributed by atoms with Gasteiger partial charge in [0.25, 0.3) is 0 Å². The lowest BCUT2D eigenvalue weighted by Gasteiger charge is -2.19. The van der Waals surface area contributed by atoms with Crippen molar-refractivity contribution in [1.29, 1.82) is 0 Å². The molecule has 134 valence electrons. The van der Waals surface area contributed by atoms with Crippen LogP contribution >= 0.6 is 11.6 Å². The number of nitrogens with one attached hydrogen (secondary N) is 1. The van der Waals surface area contributed by atoms with Crippen molar-refractivity contribution in [1.82, 2.24) is 5.32 Å². The van der Waals surface area contributed by atoms with E-state index >= 15 is 0 Å². The van der Waals surface area contributed by atoms with E-state index in [-0.39, 0.29) is 18.1 Å². The van der Waals surface area contributed by atoms with Gasteiger partial charge in [0.1, 0.15) is 0 Å². The molecule has 0 aromatic heterocycles. The number of hydrogen-bond acceptors (Lipinski definition) is 3. The fourth-order valence-corrected chi connectivity index (χ4v) is 3.66. The molecule has 2 aromatic carbocycles. The van der Waals surface area contributed by atoms with Crippen LogP contribution in [0, 0.1) is 0 Å². The molecule has 0 aliphatic rings. The van der Waals surface area contributed by atoms with Gasteiger partial charge in [-0.2, -0.15) is 0 Å². The van der Waals surface area contributed by atoms with Crippen molar-refractivity contribution in [2.75, 3.05) is 23.7 Å². The van der Waals surface area contributed by atoms with Crippen LogP contribution in [0.15, 0.2) is 54.6 Å². The van der Waals surface area contributed by atoms with Gasteiger partial charge in [-0.15, -0.1) is 0 Å². The SMILES string of the molecule is CN(c1ccccc1)S(=O)(=O)CCC(=O)NCCc1cccc(Cl)c1. The minimum Gasteiger partial charge on any atom is -0.356 e. The molecule has 0 spiro atoms. The Bertz CT molecular complexity index is 810. The van der Waals surface area contributed by atoms with Crippen molar-refractivity contribution >= 4 is 33.2 Å². The maximum Gasteiger partial charge on any atom is 0.235 e. The van der Waals surface area contributed by atoms with Crippen molar-refractivity contribution in [3.63, 3.8) is 0 Å². The van der Waals surface area contributed by atoms with Crippen molar-refractivity contribution in [2.45, 2.75) is 12.8 Å². The standard InChI is InChI=1S/C18H21ClN2O3S/c1-21(17-8-3-2-4-9-17)25(23,24)13-11-18(22)20-12-10-15-6-5-7-16(19)14-15/h2-9,14H,10-13H2,1H3,(H,20,22). The number of amides is 1. The summed E-state index contributed by atoms with van der Waals surface area (Å²) in [5, 5.41) is 3.39. The van der Waals surface area contributed by atoms with Crippen LogP contribution in [0.5, 0.6) is 0 Å². The quantitative estimate of drug-likeness (QED) is 0.765. The molecular formula is C18H21ClN2O3S. The molecule has 1 N–H and O–H groups in total. The molecular weight excluding hydrogens is 360 g/mol. The summed E-state index contributed by atoms with van der Waals surface area (Å²) in [6.07, 6.45) is 0.567. The largest absolute Gasteiger partial charge is 0.356 e. The average Bonchev–Trinajstić information content (AvgIpc) is 2.60. The van der Waals surface area contributed by atoms with E-state index in [0.717, 1.165) is 5.56 Å². The zero-order chi connectivity index (χ0) is 18.3. The fraction of sp³-hybridized carbons (Fsp3) is 0.278. The lowest BCUT2D eigenvalue weighted by atomic mass is 10.1. The minimum absolute atomic E-state index is 0.0744. The van der Waals surface area contributed by atoms with Crippen molar-refractivity contribution in [2.24, 2.45) is 0 Å². The van der Waals surface area contributed by atoms with Crippen LogP contribution in [0.4, 0.5) is 5.69 Å². The van der Waals surface area contributed by atoms with Crippen LogP contribution in [0.1, 0.15) is 12.0 Å². The summed E-state index contributed by atoms with van der Waals surface area (Å²) in [4.78, 5) is 11.9. The number of hydrogen-bond donors (Lipinski definition) is 1. The topological polar surface area (TPSA) is 66.5 Å². The lowest BCUT2D eigenvalue weighted by Crippen LogP contribution is -2.33. The van der Waals surface area contributed by atoms with E-state index < -0.39 is 10.0 Å². The second kappa shape index (κ2) is 8.87. The number of halogens is 1. The number of carbonyl (C=O) groups is 1. The smallest absolute Gasteiger partial charge is 0.235 e. The van der Waals surface area contributed by atoms with Crippen molar-refractivity contribution in [3.05, 3.63) is 65.2 Å².